The van der Waals surface area contributed by atoms with Crippen LogP contribution in [0.2, 0.25) is 0 Å². The van der Waals surface area contributed by atoms with Gasteiger partial charge >= 0.3 is 0 Å². The molecule has 16 heavy (non-hydrogen) atoms. The Kier molecular flexibility index (Phi) is 4.67. The zero-order valence-corrected chi connectivity index (χ0v) is 10.7. The van der Waals surface area contributed by atoms with E-state index in [1.165, 1.54) is 0 Å². The summed E-state index contributed by atoms with van der Waals surface area (Å²) in [6, 6.07) is 2.06. The molecule has 0 amide bonds. The molecule has 1 aromatic rings. The maximum Gasteiger partial charge on any atom is 0.222 e. The van der Waals surface area contributed by atoms with E-state index in [-0.39, 0.29) is 12.0 Å². The predicted octanol–water partition coefficient (Wildman–Crippen LogP) is 0.936. The number of aromatic nitrogens is 2. The van der Waals surface area contributed by atoms with Crippen molar-refractivity contribution in [3.63, 3.8) is 0 Å². The zero-order chi connectivity index (χ0) is 12.1. The molecule has 0 radical (unpaired) electrons. The maximum absolute atomic E-state index is 10.9. The van der Waals surface area contributed by atoms with Crippen LogP contribution in [0.3, 0.4) is 0 Å². The first kappa shape index (κ1) is 12.9. The van der Waals surface area contributed by atoms with Crippen LogP contribution in [0.15, 0.2) is 6.07 Å². The van der Waals surface area contributed by atoms with E-state index in [0.29, 0.717) is 5.75 Å². The van der Waals surface area contributed by atoms with Gasteiger partial charge in [0.1, 0.15) is 5.82 Å². The Hall–Kier alpha value is -1.17. The second-order valence-electron chi connectivity index (χ2n) is 3.86. The molecule has 0 saturated heterocycles. The van der Waals surface area contributed by atoms with Gasteiger partial charge in [0.25, 0.3) is 0 Å². The Morgan fingerprint density at radius 3 is 2.81 bits per heavy atom. The molecule has 90 valence electrons. The van der Waals surface area contributed by atoms with E-state index >= 15 is 0 Å². The van der Waals surface area contributed by atoms with Gasteiger partial charge in [-0.25, -0.2) is 4.98 Å². The first-order chi connectivity index (χ1) is 7.47. The minimum absolute atomic E-state index is 0.220. The number of hydrogen-bond donors (Lipinski definition) is 2. The van der Waals surface area contributed by atoms with Crippen LogP contribution in [0, 0.1) is 6.92 Å². The minimum Gasteiger partial charge on any atom is -0.368 e. The van der Waals surface area contributed by atoms with Gasteiger partial charge in [-0.1, -0.05) is 0 Å². The van der Waals surface area contributed by atoms with E-state index < -0.39 is 10.8 Å². The predicted molar refractivity (Wildman–Crippen MR) is 67.8 cm³/mol. The van der Waals surface area contributed by atoms with Gasteiger partial charge in [-0.05, 0) is 20.3 Å². The fraction of sp³-hybridized carbons (Fsp3) is 0.600. The first-order valence-corrected chi connectivity index (χ1v) is 6.88. The van der Waals surface area contributed by atoms with Crippen molar-refractivity contribution in [2.24, 2.45) is 0 Å². The van der Waals surface area contributed by atoms with Crippen molar-refractivity contribution in [1.82, 2.24) is 9.97 Å². The van der Waals surface area contributed by atoms with Crippen molar-refractivity contribution in [1.29, 1.82) is 0 Å². The number of nitrogens with one attached hydrogen (secondary N) is 1. The lowest BCUT2D eigenvalue weighted by Gasteiger charge is -2.14. The van der Waals surface area contributed by atoms with E-state index in [9.17, 15) is 4.21 Å². The summed E-state index contributed by atoms with van der Waals surface area (Å²) in [6.07, 6.45) is 2.55. The molecule has 1 aromatic heterocycles. The van der Waals surface area contributed by atoms with Crippen LogP contribution in [0.5, 0.6) is 0 Å². The van der Waals surface area contributed by atoms with Gasteiger partial charge < -0.3 is 11.1 Å². The lowest BCUT2D eigenvalue weighted by molar-refractivity contribution is 0.678. The van der Waals surface area contributed by atoms with Gasteiger partial charge in [-0.3, -0.25) is 4.21 Å². The van der Waals surface area contributed by atoms with Gasteiger partial charge in [-0.2, -0.15) is 4.98 Å². The lowest BCUT2D eigenvalue weighted by Crippen LogP contribution is -2.19. The molecule has 1 heterocycles. The average molecular weight is 242 g/mol. The zero-order valence-electron chi connectivity index (χ0n) is 9.86. The molecule has 0 fully saturated rings. The maximum atomic E-state index is 10.9. The number of hydrogen-bond acceptors (Lipinski definition) is 5. The largest absolute Gasteiger partial charge is 0.368 e. The molecule has 2 atom stereocenters. The number of aryl methyl sites for hydroxylation is 1. The molecule has 0 bridgehead atoms. The molecular formula is C10H18N4OS. The number of anilines is 2. The summed E-state index contributed by atoms with van der Waals surface area (Å²) in [5, 5.41) is 3.21. The number of rotatable bonds is 5. The van der Waals surface area contributed by atoms with E-state index in [0.717, 1.165) is 17.9 Å². The molecule has 2 unspecified atom stereocenters. The molecule has 0 saturated carbocycles. The van der Waals surface area contributed by atoms with Crippen molar-refractivity contribution in [3.05, 3.63) is 11.8 Å². The summed E-state index contributed by atoms with van der Waals surface area (Å²) < 4.78 is 10.9. The van der Waals surface area contributed by atoms with Gasteiger partial charge in [0.15, 0.2) is 0 Å². The van der Waals surface area contributed by atoms with Crippen molar-refractivity contribution >= 4 is 22.6 Å². The van der Waals surface area contributed by atoms with Gasteiger partial charge in [-0.15, -0.1) is 0 Å². The summed E-state index contributed by atoms with van der Waals surface area (Å²) in [7, 11) is -0.750. The molecule has 0 aromatic carbocycles. The fourth-order valence-corrected chi connectivity index (χ4v) is 2.02. The number of nitrogens with two attached hydrogens (primary N) is 1. The highest BCUT2D eigenvalue weighted by molar-refractivity contribution is 7.84. The lowest BCUT2D eigenvalue weighted by atomic mass is 10.2. The summed E-state index contributed by atoms with van der Waals surface area (Å²) in [4.78, 5) is 8.07. The second-order valence-corrected chi connectivity index (χ2v) is 5.42. The quantitative estimate of drug-likeness (QED) is 0.803. The third-order valence-corrected chi connectivity index (χ3v) is 2.91. The molecule has 0 aliphatic carbocycles. The van der Waals surface area contributed by atoms with Crippen LogP contribution in [0.25, 0.3) is 0 Å². The van der Waals surface area contributed by atoms with Crippen LogP contribution in [0.1, 0.15) is 19.0 Å². The fourth-order valence-electron chi connectivity index (χ4n) is 1.33. The van der Waals surface area contributed by atoms with E-state index in [2.05, 4.69) is 15.3 Å². The van der Waals surface area contributed by atoms with Crippen LogP contribution in [-0.2, 0) is 10.8 Å². The summed E-state index contributed by atoms with van der Waals surface area (Å²) in [5.74, 6) is 1.68. The Balaban J connectivity index is 2.55. The summed E-state index contributed by atoms with van der Waals surface area (Å²) in [5.41, 5.74) is 6.38. The highest BCUT2D eigenvalue weighted by atomic mass is 32.2. The third-order valence-electron chi connectivity index (χ3n) is 2.10. The monoisotopic (exact) mass is 242 g/mol. The smallest absolute Gasteiger partial charge is 0.222 e. The minimum atomic E-state index is -0.750. The van der Waals surface area contributed by atoms with Gasteiger partial charge in [0, 0.05) is 40.6 Å². The normalized spacial score (nSPS) is 14.4. The molecule has 1 rings (SSSR count). The Labute approximate surface area is 98.3 Å². The second kappa shape index (κ2) is 5.79. The molecule has 0 spiro atoms. The van der Waals surface area contributed by atoms with Crippen LogP contribution < -0.4 is 11.1 Å². The summed E-state index contributed by atoms with van der Waals surface area (Å²) >= 11 is 0. The highest BCUT2D eigenvalue weighted by Gasteiger charge is 2.05. The van der Waals surface area contributed by atoms with Crippen molar-refractivity contribution in [3.8, 4) is 0 Å². The van der Waals surface area contributed by atoms with Crippen molar-refractivity contribution in [2.45, 2.75) is 26.3 Å². The molecule has 3 N–H and O–H groups in total. The standard InChI is InChI=1S/C10H18N4OS/c1-7(4-5-16(3)15)12-9-6-8(2)13-10(11)14-9/h6-7H,4-5H2,1-3H3,(H3,11,12,13,14). The first-order valence-electron chi connectivity index (χ1n) is 5.15. The molecule has 5 nitrogen and oxygen atoms in total. The Morgan fingerprint density at radius 1 is 1.56 bits per heavy atom. The van der Waals surface area contributed by atoms with Crippen LogP contribution >= 0.6 is 0 Å². The molecular weight excluding hydrogens is 224 g/mol. The highest BCUT2D eigenvalue weighted by Crippen LogP contribution is 2.09. The molecule has 6 heteroatoms. The van der Waals surface area contributed by atoms with Crippen molar-refractivity contribution in [2.75, 3.05) is 23.1 Å². The third kappa shape index (κ3) is 4.57. The van der Waals surface area contributed by atoms with E-state index in [4.69, 9.17) is 5.73 Å². The van der Waals surface area contributed by atoms with Gasteiger partial charge in [0.2, 0.25) is 5.95 Å². The van der Waals surface area contributed by atoms with Crippen LogP contribution in [0.4, 0.5) is 11.8 Å². The SMILES string of the molecule is Cc1cc(NC(C)CCS(C)=O)nc(N)n1. The van der Waals surface area contributed by atoms with E-state index in [1.807, 2.05) is 19.9 Å². The average Bonchev–Trinajstić information content (AvgIpc) is 2.12. The van der Waals surface area contributed by atoms with Crippen molar-refractivity contribution < 1.29 is 4.21 Å². The Morgan fingerprint density at radius 2 is 2.25 bits per heavy atom. The number of nitrogens with zero attached hydrogens (tertiary/aromatic N) is 2. The number of nitrogen functional groups attached to an aromatic ring is 1. The molecule has 0 aliphatic heterocycles. The van der Waals surface area contributed by atoms with E-state index in [1.54, 1.807) is 6.26 Å². The Bertz CT molecular complexity index is 363. The topological polar surface area (TPSA) is 80.9 Å². The van der Waals surface area contributed by atoms with Crippen LogP contribution in [-0.4, -0.2) is 32.2 Å². The molecule has 0 aliphatic rings. The van der Waals surface area contributed by atoms with Gasteiger partial charge in [0.05, 0.1) is 0 Å². The summed E-state index contributed by atoms with van der Waals surface area (Å²) in [6.45, 7) is 3.90.